The molecule has 0 N–H and O–H groups in total. The molecule has 0 aromatic carbocycles. The molecular weight excluding hydrogens is 435 g/mol. The van der Waals surface area contributed by atoms with E-state index in [-0.39, 0.29) is 37.3 Å². The van der Waals surface area contributed by atoms with Crippen LogP contribution in [0.2, 0.25) is 0 Å². The summed E-state index contributed by atoms with van der Waals surface area (Å²) in [5, 5.41) is 0.198. The molecule has 0 radical (unpaired) electrons. The van der Waals surface area contributed by atoms with E-state index in [4.69, 9.17) is 24.0 Å². The Balaban J connectivity index is 1.43. The van der Waals surface area contributed by atoms with Crippen LogP contribution in [0.15, 0.2) is 0 Å². The fourth-order valence-electron chi connectivity index (χ4n) is 5.27. The number of rotatable bonds is 4. The highest BCUT2D eigenvalue weighted by Crippen LogP contribution is 2.41. The number of anilines is 1. The number of hydrogen-bond donors (Lipinski definition) is 0. The van der Waals surface area contributed by atoms with Gasteiger partial charge in [0.1, 0.15) is 30.0 Å². The van der Waals surface area contributed by atoms with Crippen molar-refractivity contribution in [1.29, 1.82) is 0 Å². The monoisotopic (exact) mass is 459 g/mol. The van der Waals surface area contributed by atoms with Crippen LogP contribution in [-0.4, -0.2) is 88.7 Å². The van der Waals surface area contributed by atoms with E-state index in [1.165, 1.54) is 0 Å². The molecule has 0 unspecified atom stereocenters. The molecule has 168 valence electrons. The number of morpholine rings is 1. The Morgan fingerprint density at radius 2 is 2.23 bits per heavy atom. The second kappa shape index (κ2) is 7.11. The van der Waals surface area contributed by atoms with E-state index in [1.54, 1.807) is 15.9 Å². The van der Waals surface area contributed by atoms with Crippen LogP contribution < -0.4 is 20.2 Å². The molecule has 4 fully saturated rings. The van der Waals surface area contributed by atoms with Gasteiger partial charge in [-0.25, -0.2) is 8.78 Å². The molecule has 0 amide bonds. The summed E-state index contributed by atoms with van der Waals surface area (Å²) in [6, 6.07) is -0.953. The van der Waals surface area contributed by atoms with Crippen LogP contribution in [0.5, 0.6) is 6.01 Å². The van der Waals surface area contributed by atoms with Gasteiger partial charge in [-0.2, -0.15) is 14.4 Å². The molecule has 1 aromatic heterocycles. The van der Waals surface area contributed by atoms with Gasteiger partial charge in [0.2, 0.25) is 5.95 Å². The first kappa shape index (κ1) is 17.7. The molecular formula is C20H23ClF3N5O2. The second-order valence-corrected chi connectivity index (χ2v) is 9.09. The van der Waals surface area contributed by atoms with E-state index < -0.39 is 48.5 Å². The van der Waals surface area contributed by atoms with E-state index in [0.29, 0.717) is 24.7 Å². The van der Waals surface area contributed by atoms with Gasteiger partial charge >= 0.3 is 6.01 Å². The topological polar surface area (TPSA) is 54.0 Å². The summed E-state index contributed by atoms with van der Waals surface area (Å²) < 4.78 is 72.9. The Morgan fingerprint density at radius 3 is 3.10 bits per heavy atom. The minimum Gasteiger partial charge on any atom is -0.461 e. The lowest BCUT2D eigenvalue weighted by atomic mass is 9.95. The molecule has 4 aliphatic heterocycles. The highest BCUT2D eigenvalue weighted by Gasteiger charge is 2.59. The molecule has 7 nitrogen and oxygen atoms in total. The van der Waals surface area contributed by atoms with E-state index in [2.05, 4.69) is 9.97 Å². The van der Waals surface area contributed by atoms with Crippen molar-refractivity contribution in [2.24, 2.45) is 0 Å². The van der Waals surface area contributed by atoms with Gasteiger partial charge in [0.25, 0.3) is 0 Å². The quantitative estimate of drug-likeness (QED) is 0.484. The molecule has 0 spiro atoms. The van der Waals surface area contributed by atoms with Gasteiger partial charge in [0.05, 0.1) is 27.5 Å². The Labute approximate surface area is 185 Å². The molecule has 3 saturated heterocycles. The van der Waals surface area contributed by atoms with Gasteiger partial charge in [0.15, 0.2) is 6.17 Å². The number of hydrogen-bond acceptors (Lipinski definition) is 7. The van der Waals surface area contributed by atoms with E-state index in [1.807, 2.05) is 0 Å². The molecule has 31 heavy (non-hydrogen) atoms. The number of ether oxygens (including phenoxy) is 2. The molecule has 0 bridgehead atoms. The standard InChI is InChI=1S/C20H23ClF3N5O2/c21-29-5-2-12-14(17(29)24)25-19(26-18(12)28-6-7-30-16-13(23)15(16)28)31-10-20-3-1-4-27(20)9-11(22)8-20/h2,11,13,15-16H,1,3-10H2/t11-,13+,15+,16-,20+/m1/s1/i10D2. The van der Waals surface area contributed by atoms with Crippen molar-refractivity contribution in [3.8, 4) is 6.01 Å². The fourth-order valence-corrected chi connectivity index (χ4v) is 5.42. The lowest BCUT2D eigenvalue weighted by Gasteiger charge is -2.31. The van der Waals surface area contributed by atoms with Gasteiger partial charge in [0, 0.05) is 36.5 Å². The van der Waals surface area contributed by atoms with Gasteiger partial charge in [-0.15, -0.1) is 0 Å². The van der Waals surface area contributed by atoms with Crippen molar-refractivity contribution in [2.75, 3.05) is 44.2 Å². The maximum atomic E-state index is 15.0. The minimum absolute atomic E-state index is 0.00172. The van der Waals surface area contributed by atoms with Crippen molar-refractivity contribution >= 4 is 29.6 Å². The highest BCUT2D eigenvalue weighted by atomic mass is 35.5. The van der Waals surface area contributed by atoms with Crippen LogP contribution in [0.25, 0.3) is 12.0 Å². The molecule has 5 heterocycles. The first-order valence-corrected chi connectivity index (χ1v) is 10.9. The SMILES string of the molecule is [2H]C([2H])(Oc1nc(N2CCO[C@@H]3[C@@H](F)[C@@H]32)c2c(n1)=C(F)N(Cl)CC=2)[C@@]12CCCN1C[C@H](F)C2. The highest BCUT2D eigenvalue weighted by molar-refractivity contribution is 6.16. The van der Waals surface area contributed by atoms with Gasteiger partial charge in [-0.3, -0.25) is 9.32 Å². The van der Waals surface area contributed by atoms with Crippen LogP contribution in [0.3, 0.4) is 0 Å². The summed E-state index contributed by atoms with van der Waals surface area (Å²) in [4.78, 5) is 12.0. The van der Waals surface area contributed by atoms with Gasteiger partial charge in [-0.05, 0) is 19.4 Å². The third-order valence-corrected chi connectivity index (χ3v) is 7.10. The largest absolute Gasteiger partial charge is 0.461 e. The number of fused-ring (bicyclic) bond motifs is 3. The lowest BCUT2D eigenvalue weighted by Crippen LogP contribution is -2.47. The molecule has 1 saturated carbocycles. The first-order valence-electron chi connectivity index (χ1n) is 11.5. The Morgan fingerprint density at radius 1 is 1.35 bits per heavy atom. The summed E-state index contributed by atoms with van der Waals surface area (Å²) >= 11 is 5.94. The summed E-state index contributed by atoms with van der Waals surface area (Å²) in [6.07, 6.45) is -0.136. The number of aromatic nitrogens is 2. The third kappa shape index (κ3) is 3.09. The molecule has 6 rings (SSSR count). The van der Waals surface area contributed by atoms with Gasteiger partial charge < -0.3 is 14.4 Å². The molecule has 5 atom stereocenters. The zero-order valence-electron chi connectivity index (χ0n) is 18.6. The summed E-state index contributed by atoms with van der Waals surface area (Å²) in [6.45, 7) is -0.939. The van der Waals surface area contributed by atoms with Crippen LogP contribution in [-0.2, 0) is 4.74 Å². The zero-order valence-corrected chi connectivity index (χ0v) is 17.4. The minimum atomic E-state index is -2.33. The number of halogens is 4. The molecule has 11 heteroatoms. The average molecular weight is 460 g/mol. The predicted octanol–water partition coefficient (Wildman–Crippen LogP) is 0.642. The van der Waals surface area contributed by atoms with E-state index >= 15 is 0 Å². The average Bonchev–Trinajstić information content (AvgIpc) is 3.09. The summed E-state index contributed by atoms with van der Waals surface area (Å²) in [7, 11) is 0. The van der Waals surface area contributed by atoms with Crippen molar-refractivity contribution in [2.45, 2.75) is 49.3 Å². The summed E-state index contributed by atoms with van der Waals surface area (Å²) in [5.41, 5.74) is -1.15. The van der Waals surface area contributed by atoms with Crippen molar-refractivity contribution < 1.29 is 25.4 Å². The Bertz CT molecular complexity index is 1120. The van der Waals surface area contributed by atoms with Crippen molar-refractivity contribution in [3.05, 3.63) is 10.6 Å². The van der Waals surface area contributed by atoms with Crippen LogP contribution >= 0.6 is 11.8 Å². The predicted molar refractivity (Wildman–Crippen MR) is 107 cm³/mol. The number of alkyl halides is 2. The van der Waals surface area contributed by atoms with Crippen LogP contribution in [0.4, 0.5) is 19.0 Å². The van der Waals surface area contributed by atoms with Crippen LogP contribution in [0, 0.1) is 0 Å². The smallest absolute Gasteiger partial charge is 0.319 e. The number of nitrogens with zero attached hydrogens (tertiary/aromatic N) is 5. The Hall–Kier alpha value is -1.78. The van der Waals surface area contributed by atoms with Crippen molar-refractivity contribution in [3.63, 3.8) is 0 Å². The van der Waals surface area contributed by atoms with E-state index in [9.17, 15) is 13.2 Å². The van der Waals surface area contributed by atoms with E-state index in [0.717, 1.165) is 10.8 Å². The first-order chi connectivity index (χ1) is 15.7. The summed E-state index contributed by atoms with van der Waals surface area (Å²) in [5.74, 6) is -0.578. The van der Waals surface area contributed by atoms with Crippen molar-refractivity contribution in [1.82, 2.24) is 19.3 Å². The van der Waals surface area contributed by atoms with Crippen LogP contribution in [0.1, 0.15) is 22.0 Å². The van der Waals surface area contributed by atoms with Gasteiger partial charge in [-0.1, -0.05) is 6.08 Å². The third-order valence-electron chi connectivity index (χ3n) is 6.81. The fraction of sp³-hybridized carbons (Fsp3) is 0.700. The molecule has 1 aromatic rings. The second-order valence-electron chi connectivity index (χ2n) is 8.68. The molecule has 5 aliphatic rings. The maximum Gasteiger partial charge on any atom is 0.319 e. The zero-order chi connectivity index (χ0) is 23.1. The normalized spacial score (nSPS) is 38.1. The lowest BCUT2D eigenvalue weighted by molar-refractivity contribution is 0.0910. The maximum absolute atomic E-state index is 15.0. The Kier molecular flexibility index (Phi) is 4.07. The molecule has 1 aliphatic carbocycles.